The Morgan fingerprint density at radius 1 is 1.44 bits per heavy atom. The number of nitrogens with zero attached hydrogens (tertiary/aromatic N) is 1. The zero-order valence-electron chi connectivity index (χ0n) is 9.31. The molecule has 0 spiro atoms. The van der Waals surface area contributed by atoms with Crippen LogP contribution in [0.25, 0.3) is 0 Å². The van der Waals surface area contributed by atoms with Crippen molar-refractivity contribution in [3.63, 3.8) is 0 Å². The van der Waals surface area contributed by atoms with E-state index in [2.05, 4.69) is 6.07 Å². The van der Waals surface area contributed by atoms with Gasteiger partial charge in [0.1, 0.15) is 0 Å². The maximum absolute atomic E-state index is 9.22. The highest BCUT2D eigenvalue weighted by molar-refractivity contribution is 7.81. The van der Waals surface area contributed by atoms with Crippen LogP contribution in [0.4, 0.5) is 0 Å². The maximum atomic E-state index is 9.22. The molecule has 1 atom stereocenters. The highest BCUT2D eigenvalue weighted by atomic mass is 32.1. The fourth-order valence-corrected chi connectivity index (χ4v) is 1.84. The van der Waals surface area contributed by atoms with Gasteiger partial charge in [0.05, 0.1) is 11.5 Å². The van der Waals surface area contributed by atoms with E-state index in [9.17, 15) is 5.26 Å². The first-order chi connectivity index (χ1) is 7.64. The van der Waals surface area contributed by atoms with E-state index in [4.69, 9.17) is 17.3 Å². The van der Waals surface area contributed by atoms with Crippen molar-refractivity contribution in [2.24, 2.45) is 5.41 Å². The minimum Gasteiger partial charge on any atom is -0.396 e. The second-order valence-corrected chi connectivity index (χ2v) is 4.37. The summed E-state index contributed by atoms with van der Waals surface area (Å²) < 4.78 is 0. The van der Waals surface area contributed by atoms with E-state index >= 15 is 0 Å². The molecule has 2 nitrogen and oxygen atoms in total. The quantitative estimate of drug-likeness (QED) is 0.628. The maximum Gasteiger partial charge on any atom is 0.0901 e. The number of thiocarbonyl (C=S) groups is 1. The van der Waals surface area contributed by atoms with Crippen LogP contribution in [0.2, 0.25) is 0 Å². The molecule has 0 heterocycles. The van der Waals surface area contributed by atoms with E-state index in [-0.39, 0.29) is 6.61 Å². The molecule has 3 heteroatoms. The third kappa shape index (κ3) is 2.88. The molecule has 1 aromatic rings. The van der Waals surface area contributed by atoms with Gasteiger partial charge in [-0.3, -0.25) is 0 Å². The molecule has 0 aliphatic heterocycles. The van der Waals surface area contributed by atoms with Crippen LogP contribution in [-0.4, -0.2) is 16.6 Å². The van der Waals surface area contributed by atoms with Gasteiger partial charge < -0.3 is 5.11 Å². The summed E-state index contributed by atoms with van der Waals surface area (Å²) in [5.41, 5.74) is 0.249. The molecule has 0 bridgehead atoms. The Balaban J connectivity index is 2.90. The zero-order chi connectivity index (χ0) is 12.0. The fourth-order valence-electron chi connectivity index (χ4n) is 1.56. The highest BCUT2D eigenvalue weighted by Crippen LogP contribution is 2.28. The lowest BCUT2D eigenvalue weighted by molar-refractivity contribution is 0.274. The van der Waals surface area contributed by atoms with E-state index in [1.807, 2.05) is 37.3 Å². The number of benzene rings is 1. The van der Waals surface area contributed by atoms with E-state index in [1.54, 1.807) is 0 Å². The number of aliphatic hydroxyl groups excluding tert-OH is 1. The van der Waals surface area contributed by atoms with Crippen molar-refractivity contribution in [3.8, 4) is 6.07 Å². The van der Waals surface area contributed by atoms with Gasteiger partial charge in [-0.1, -0.05) is 42.5 Å². The molecular weight excluding hydrogens is 218 g/mol. The summed E-state index contributed by atoms with van der Waals surface area (Å²) >= 11 is 5.36. The Kier molecular flexibility index (Phi) is 4.60. The molecule has 1 aromatic carbocycles. The van der Waals surface area contributed by atoms with Crippen molar-refractivity contribution >= 4 is 17.1 Å². The van der Waals surface area contributed by atoms with Gasteiger partial charge in [0, 0.05) is 11.5 Å². The van der Waals surface area contributed by atoms with E-state index in [0.29, 0.717) is 17.7 Å². The second-order valence-electron chi connectivity index (χ2n) is 3.97. The highest BCUT2D eigenvalue weighted by Gasteiger charge is 2.29. The molecule has 0 saturated heterocycles. The third-order valence-electron chi connectivity index (χ3n) is 2.62. The van der Waals surface area contributed by atoms with Crippen LogP contribution in [0.15, 0.2) is 30.3 Å². The molecule has 0 amide bonds. The monoisotopic (exact) mass is 233 g/mol. The average Bonchev–Trinajstić information content (AvgIpc) is 2.36. The molecule has 0 fully saturated rings. The number of hydrogen-bond donors (Lipinski definition) is 1. The van der Waals surface area contributed by atoms with Crippen LogP contribution in [0.5, 0.6) is 0 Å². The van der Waals surface area contributed by atoms with Crippen molar-refractivity contribution in [1.82, 2.24) is 0 Å². The summed E-state index contributed by atoms with van der Waals surface area (Å²) in [7, 11) is 0. The summed E-state index contributed by atoms with van der Waals surface area (Å²) in [5.74, 6) is 0. The molecule has 0 saturated carbocycles. The zero-order valence-corrected chi connectivity index (χ0v) is 10.1. The van der Waals surface area contributed by atoms with Crippen LogP contribution >= 0.6 is 12.2 Å². The molecule has 1 unspecified atom stereocenters. The summed E-state index contributed by atoms with van der Waals surface area (Å²) in [4.78, 5) is 0.657. The Bertz CT molecular complexity index is 396. The first-order valence-electron chi connectivity index (χ1n) is 5.26. The van der Waals surface area contributed by atoms with Crippen LogP contribution in [-0.2, 0) is 0 Å². The predicted molar refractivity (Wildman–Crippen MR) is 68.2 cm³/mol. The largest absolute Gasteiger partial charge is 0.396 e. The lowest BCUT2D eigenvalue weighted by Gasteiger charge is -2.22. The van der Waals surface area contributed by atoms with Crippen molar-refractivity contribution in [1.29, 1.82) is 5.26 Å². The number of aliphatic hydroxyl groups is 1. The lowest BCUT2D eigenvalue weighted by atomic mass is 9.81. The van der Waals surface area contributed by atoms with Gasteiger partial charge in [0.25, 0.3) is 0 Å². The Labute approximate surface area is 102 Å². The first-order valence-corrected chi connectivity index (χ1v) is 5.67. The number of hydrogen-bond acceptors (Lipinski definition) is 3. The summed E-state index contributed by atoms with van der Waals surface area (Å²) in [5, 5.41) is 18.0. The van der Waals surface area contributed by atoms with Crippen LogP contribution in [0.3, 0.4) is 0 Å². The fraction of sp³-hybridized carbons (Fsp3) is 0.385. The van der Waals surface area contributed by atoms with Crippen LogP contribution in [0, 0.1) is 16.7 Å². The van der Waals surface area contributed by atoms with E-state index in [0.717, 1.165) is 5.56 Å². The van der Waals surface area contributed by atoms with Gasteiger partial charge in [-0.2, -0.15) is 5.26 Å². The van der Waals surface area contributed by atoms with Gasteiger partial charge in [-0.15, -0.1) is 0 Å². The standard InChI is InChI=1S/C13H15NOS/c1-13(10-14,8-5-9-15)12(16)11-6-3-2-4-7-11/h2-4,6-7,15H,5,8-9H2,1H3. The van der Waals surface area contributed by atoms with Gasteiger partial charge in [0.15, 0.2) is 0 Å². The van der Waals surface area contributed by atoms with Crippen molar-refractivity contribution < 1.29 is 5.11 Å². The molecule has 84 valence electrons. The lowest BCUT2D eigenvalue weighted by Crippen LogP contribution is -2.25. The molecule has 0 radical (unpaired) electrons. The van der Waals surface area contributed by atoms with Crippen molar-refractivity contribution in [3.05, 3.63) is 35.9 Å². The Morgan fingerprint density at radius 2 is 2.06 bits per heavy atom. The third-order valence-corrected chi connectivity index (χ3v) is 3.31. The second kappa shape index (κ2) is 5.74. The van der Waals surface area contributed by atoms with Gasteiger partial charge in [-0.05, 0) is 25.3 Å². The molecule has 0 aromatic heterocycles. The Hall–Kier alpha value is -1.24. The first kappa shape index (κ1) is 12.8. The van der Waals surface area contributed by atoms with Crippen molar-refractivity contribution in [2.45, 2.75) is 19.8 Å². The summed E-state index contributed by atoms with van der Waals surface area (Å²) in [6.07, 6.45) is 1.19. The van der Waals surface area contributed by atoms with Gasteiger partial charge >= 0.3 is 0 Å². The van der Waals surface area contributed by atoms with E-state index < -0.39 is 5.41 Å². The SMILES string of the molecule is CC(C#N)(CCCO)C(=S)c1ccccc1. The normalized spacial score (nSPS) is 13.8. The molecule has 1 rings (SSSR count). The predicted octanol–water partition coefficient (Wildman–Crippen LogP) is 2.71. The number of nitriles is 1. The van der Waals surface area contributed by atoms with Crippen molar-refractivity contribution in [2.75, 3.05) is 6.61 Å². The molecule has 1 N–H and O–H groups in total. The van der Waals surface area contributed by atoms with Gasteiger partial charge in [-0.25, -0.2) is 0 Å². The number of rotatable bonds is 5. The molecular formula is C13H15NOS. The summed E-state index contributed by atoms with van der Waals surface area (Å²) in [6, 6.07) is 11.8. The minimum atomic E-state index is -0.667. The molecule has 0 aliphatic carbocycles. The molecule has 16 heavy (non-hydrogen) atoms. The van der Waals surface area contributed by atoms with Crippen LogP contribution < -0.4 is 0 Å². The van der Waals surface area contributed by atoms with E-state index in [1.165, 1.54) is 0 Å². The molecule has 0 aliphatic rings. The summed E-state index contributed by atoms with van der Waals surface area (Å²) in [6.45, 7) is 1.92. The Morgan fingerprint density at radius 3 is 2.56 bits per heavy atom. The van der Waals surface area contributed by atoms with Gasteiger partial charge in [0.2, 0.25) is 0 Å². The van der Waals surface area contributed by atoms with Crippen LogP contribution in [0.1, 0.15) is 25.3 Å². The topological polar surface area (TPSA) is 44.0 Å². The smallest absolute Gasteiger partial charge is 0.0901 e. The average molecular weight is 233 g/mol. The minimum absolute atomic E-state index is 0.0919.